The molecule has 37 heavy (non-hydrogen) atoms. The number of carbonyl (C=O) groups is 2. The summed E-state index contributed by atoms with van der Waals surface area (Å²) in [5, 5.41) is 3.16. The van der Waals surface area contributed by atoms with Crippen molar-refractivity contribution in [2.24, 2.45) is 0 Å². The van der Waals surface area contributed by atoms with Gasteiger partial charge in [-0.15, -0.1) is 0 Å². The summed E-state index contributed by atoms with van der Waals surface area (Å²) in [5.74, 6) is -0.956. The summed E-state index contributed by atoms with van der Waals surface area (Å²) in [5.41, 5.74) is -1.83. The molecule has 0 amide bonds. The van der Waals surface area contributed by atoms with Crippen molar-refractivity contribution in [3.8, 4) is 0 Å². The molecule has 0 unspecified atom stereocenters. The molecule has 204 valence electrons. The Balaban J connectivity index is 0.000000220. The molecule has 2 fully saturated rings. The standard InChI is InChI=1S/C12H12F3NO2.C8H4F4O.C4H9NO/c13-12(14,15)10-1-2-11(9(7-10)8-17)16-3-5-18-6-4-16;9-7-2-1-6(8(10,11)12)3-5(7)4-13;1-3-6-4-2-5-1/h1-2,7-8H,3-6H2;1-4H;5H,1-4H2. The number of halogens is 7. The highest BCUT2D eigenvalue weighted by atomic mass is 19.4. The lowest BCUT2D eigenvalue weighted by Crippen LogP contribution is -2.36. The quantitative estimate of drug-likeness (QED) is 0.455. The highest BCUT2D eigenvalue weighted by molar-refractivity contribution is 5.85. The zero-order valence-corrected chi connectivity index (χ0v) is 19.5. The number of aldehydes is 2. The van der Waals surface area contributed by atoms with Crippen molar-refractivity contribution in [3.63, 3.8) is 0 Å². The van der Waals surface area contributed by atoms with Gasteiger partial charge in [0.1, 0.15) is 5.82 Å². The van der Waals surface area contributed by atoms with Gasteiger partial charge in [0.25, 0.3) is 0 Å². The van der Waals surface area contributed by atoms with Crippen molar-refractivity contribution in [2.75, 3.05) is 57.5 Å². The van der Waals surface area contributed by atoms with Crippen LogP contribution < -0.4 is 10.2 Å². The van der Waals surface area contributed by atoms with Crippen LogP contribution in [0.2, 0.25) is 0 Å². The van der Waals surface area contributed by atoms with E-state index >= 15 is 0 Å². The molecule has 0 radical (unpaired) electrons. The number of morpholine rings is 2. The minimum absolute atomic E-state index is 0.0462. The molecule has 2 aliphatic heterocycles. The molecule has 4 rings (SSSR count). The third-order valence-electron chi connectivity index (χ3n) is 5.13. The van der Waals surface area contributed by atoms with Crippen molar-refractivity contribution < 1.29 is 49.8 Å². The van der Waals surface area contributed by atoms with Gasteiger partial charge in [-0.3, -0.25) is 9.59 Å². The van der Waals surface area contributed by atoms with E-state index in [-0.39, 0.29) is 11.8 Å². The Kier molecular flexibility index (Phi) is 11.5. The van der Waals surface area contributed by atoms with E-state index in [1.54, 1.807) is 0 Å². The number of alkyl halides is 6. The number of hydrogen-bond acceptors (Lipinski definition) is 6. The van der Waals surface area contributed by atoms with Crippen LogP contribution >= 0.6 is 0 Å². The Hall–Kier alpha value is -3.03. The van der Waals surface area contributed by atoms with Crippen molar-refractivity contribution >= 4 is 18.3 Å². The fourth-order valence-corrected chi connectivity index (χ4v) is 3.24. The molecule has 2 aromatic carbocycles. The van der Waals surface area contributed by atoms with Gasteiger partial charge in [-0.25, -0.2) is 4.39 Å². The van der Waals surface area contributed by atoms with Crippen LogP contribution in [0.25, 0.3) is 0 Å². The van der Waals surface area contributed by atoms with Gasteiger partial charge in [-0.1, -0.05) is 0 Å². The van der Waals surface area contributed by atoms with Crippen LogP contribution in [0.3, 0.4) is 0 Å². The zero-order valence-electron chi connectivity index (χ0n) is 19.5. The molecule has 0 bridgehead atoms. The lowest BCUT2D eigenvalue weighted by molar-refractivity contribution is -0.138. The number of nitrogens with zero attached hydrogens (tertiary/aromatic N) is 1. The van der Waals surface area contributed by atoms with Crippen LogP contribution in [0.5, 0.6) is 0 Å². The van der Waals surface area contributed by atoms with Crippen LogP contribution in [-0.4, -0.2) is 65.2 Å². The Morgan fingerprint density at radius 2 is 1.22 bits per heavy atom. The third-order valence-corrected chi connectivity index (χ3v) is 5.13. The van der Waals surface area contributed by atoms with Gasteiger partial charge in [0.2, 0.25) is 0 Å². The monoisotopic (exact) mass is 538 g/mol. The first-order valence-corrected chi connectivity index (χ1v) is 11.1. The van der Waals surface area contributed by atoms with Gasteiger partial charge in [-0.05, 0) is 36.4 Å². The summed E-state index contributed by atoms with van der Waals surface area (Å²) in [7, 11) is 0. The third kappa shape index (κ3) is 9.74. The number of benzene rings is 2. The molecule has 2 heterocycles. The summed E-state index contributed by atoms with van der Waals surface area (Å²) in [6.07, 6.45) is -8.47. The molecule has 2 aliphatic rings. The van der Waals surface area contributed by atoms with E-state index in [4.69, 9.17) is 9.47 Å². The maximum absolute atomic E-state index is 12.6. The van der Waals surface area contributed by atoms with E-state index in [1.807, 2.05) is 4.90 Å². The van der Waals surface area contributed by atoms with E-state index in [9.17, 15) is 40.3 Å². The number of hydrogen-bond donors (Lipinski definition) is 1. The Bertz CT molecular complexity index is 1010. The Morgan fingerprint density at radius 3 is 1.65 bits per heavy atom. The largest absolute Gasteiger partial charge is 0.416 e. The average molecular weight is 538 g/mol. The Morgan fingerprint density at radius 1 is 0.730 bits per heavy atom. The number of ether oxygens (including phenoxy) is 2. The van der Waals surface area contributed by atoms with Crippen molar-refractivity contribution in [1.82, 2.24) is 5.32 Å². The summed E-state index contributed by atoms with van der Waals surface area (Å²) >= 11 is 0. The van der Waals surface area contributed by atoms with Crippen LogP contribution in [-0.2, 0) is 21.8 Å². The number of anilines is 1. The van der Waals surface area contributed by atoms with Gasteiger partial charge >= 0.3 is 12.4 Å². The Labute approximate surface area is 208 Å². The van der Waals surface area contributed by atoms with Crippen LogP contribution in [0, 0.1) is 5.82 Å². The van der Waals surface area contributed by atoms with Crippen LogP contribution in [0.1, 0.15) is 31.8 Å². The number of nitrogens with one attached hydrogen (secondary N) is 1. The van der Waals surface area contributed by atoms with E-state index in [0.717, 1.165) is 38.4 Å². The molecule has 0 saturated carbocycles. The SMILES string of the molecule is C1COCCN1.O=Cc1cc(C(F)(F)F)ccc1F.O=Cc1cc(C(F)(F)F)ccc1N1CCOCC1. The van der Waals surface area contributed by atoms with Gasteiger partial charge < -0.3 is 19.7 Å². The van der Waals surface area contributed by atoms with Crippen LogP contribution in [0.15, 0.2) is 36.4 Å². The first-order valence-electron chi connectivity index (χ1n) is 11.1. The minimum Gasteiger partial charge on any atom is -0.379 e. The molecule has 2 saturated heterocycles. The van der Waals surface area contributed by atoms with E-state index in [1.165, 1.54) is 6.07 Å². The van der Waals surface area contributed by atoms with Crippen molar-refractivity contribution in [3.05, 3.63) is 64.5 Å². The lowest BCUT2D eigenvalue weighted by Gasteiger charge is -2.30. The smallest absolute Gasteiger partial charge is 0.379 e. The highest BCUT2D eigenvalue weighted by Crippen LogP contribution is 2.33. The molecule has 13 heteroatoms. The van der Waals surface area contributed by atoms with Crippen molar-refractivity contribution in [1.29, 1.82) is 0 Å². The highest BCUT2D eigenvalue weighted by Gasteiger charge is 2.32. The molecule has 0 atom stereocenters. The molecular formula is C24H25F7N2O4. The molecule has 0 aromatic heterocycles. The molecule has 0 spiro atoms. The average Bonchev–Trinajstić information content (AvgIpc) is 2.89. The lowest BCUT2D eigenvalue weighted by atomic mass is 10.1. The molecule has 0 aliphatic carbocycles. The molecular weight excluding hydrogens is 513 g/mol. The van der Waals surface area contributed by atoms with Crippen molar-refractivity contribution in [2.45, 2.75) is 12.4 Å². The van der Waals surface area contributed by atoms with Gasteiger partial charge in [0.15, 0.2) is 12.6 Å². The fourth-order valence-electron chi connectivity index (χ4n) is 3.24. The predicted molar refractivity (Wildman–Crippen MR) is 120 cm³/mol. The number of carbonyl (C=O) groups excluding carboxylic acids is 2. The van der Waals surface area contributed by atoms with E-state index in [0.29, 0.717) is 56.5 Å². The summed E-state index contributed by atoms with van der Waals surface area (Å²) < 4.78 is 96.3. The summed E-state index contributed by atoms with van der Waals surface area (Å²) in [4.78, 5) is 22.9. The van der Waals surface area contributed by atoms with Crippen LogP contribution in [0.4, 0.5) is 36.4 Å². The second-order valence-electron chi connectivity index (χ2n) is 7.70. The van der Waals surface area contributed by atoms with Gasteiger partial charge in [0.05, 0.1) is 43.1 Å². The first-order chi connectivity index (χ1) is 17.5. The summed E-state index contributed by atoms with van der Waals surface area (Å²) in [6, 6.07) is 4.91. The second kappa shape index (κ2) is 14.1. The number of rotatable bonds is 3. The van der Waals surface area contributed by atoms with Gasteiger partial charge in [-0.2, -0.15) is 26.3 Å². The topological polar surface area (TPSA) is 67.9 Å². The second-order valence-corrected chi connectivity index (χ2v) is 7.70. The molecule has 6 nitrogen and oxygen atoms in total. The fraction of sp³-hybridized carbons (Fsp3) is 0.417. The minimum atomic E-state index is -4.55. The zero-order chi connectivity index (χ0) is 27.5. The molecule has 1 N–H and O–H groups in total. The van der Waals surface area contributed by atoms with E-state index in [2.05, 4.69) is 5.32 Å². The predicted octanol–water partition coefficient (Wildman–Crippen LogP) is 4.62. The maximum atomic E-state index is 12.6. The summed E-state index contributed by atoms with van der Waals surface area (Å²) in [6.45, 7) is 6.01. The first kappa shape index (κ1) is 30.2. The van der Waals surface area contributed by atoms with Gasteiger partial charge in [0, 0.05) is 37.4 Å². The van der Waals surface area contributed by atoms with E-state index < -0.39 is 34.9 Å². The normalized spacial score (nSPS) is 16.0. The molecule has 2 aromatic rings. The maximum Gasteiger partial charge on any atom is 0.416 e.